The molecule has 1 saturated heterocycles. The maximum atomic E-state index is 12.3. The van der Waals surface area contributed by atoms with Crippen molar-refractivity contribution < 1.29 is 13.2 Å². The number of benzene rings is 1. The lowest BCUT2D eigenvalue weighted by atomic mass is 9.97. The molecule has 0 unspecified atom stereocenters. The summed E-state index contributed by atoms with van der Waals surface area (Å²) >= 11 is 0. The summed E-state index contributed by atoms with van der Waals surface area (Å²) in [5.74, 6) is 0.155. The lowest BCUT2D eigenvalue weighted by molar-refractivity contribution is -0.126. The van der Waals surface area contributed by atoms with Gasteiger partial charge in [-0.3, -0.25) is 4.79 Å². The molecule has 1 fully saturated rings. The summed E-state index contributed by atoms with van der Waals surface area (Å²) in [4.78, 5) is 12.3. The second kappa shape index (κ2) is 8.62. The summed E-state index contributed by atoms with van der Waals surface area (Å²) in [6.45, 7) is 5.45. The molecular weight excluding hydrogens is 324 g/mol. The molecule has 5 nitrogen and oxygen atoms in total. The van der Waals surface area contributed by atoms with Gasteiger partial charge in [0.1, 0.15) is 0 Å². The molecule has 2 rings (SSSR count). The molecule has 1 aromatic rings. The van der Waals surface area contributed by atoms with Gasteiger partial charge in [-0.25, -0.2) is 12.7 Å². The molecule has 0 atom stereocenters. The van der Waals surface area contributed by atoms with Crippen molar-refractivity contribution in [3.8, 4) is 0 Å². The van der Waals surface area contributed by atoms with Crippen LogP contribution in [0.5, 0.6) is 0 Å². The first-order chi connectivity index (χ1) is 11.4. The van der Waals surface area contributed by atoms with Crippen LogP contribution < -0.4 is 5.32 Å². The monoisotopic (exact) mass is 352 g/mol. The normalized spacial score (nSPS) is 16.9. The SMILES string of the molecule is CCCCS(=O)(=O)N1CCC(C(=O)NCc2ccc(C)cc2)CC1. The number of carbonyl (C=O) groups is 1. The average Bonchev–Trinajstić information content (AvgIpc) is 2.59. The predicted molar refractivity (Wildman–Crippen MR) is 96.0 cm³/mol. The number of hydrogen-bond donors (Lipinski definition) is 1. The minimum Gasteiger partial charge on any atom is -0.352 e. The number of nitrogens with one attached hydrogen (secondary N) is 1. The molecule has 1 aromatic carbocycles. The van der Waals surface area contributed by atoms with Crippen LogP contribution in [0.3, 0.4) is 0 Å². The highest BCUT2D eigenvalue weighted by molar-refractivity contribution is 7.89. The Morgan fingerprint density at radius 2 is 1.83 bits per heavy atom. The van der Waals surface area contributed by atoms with Gasteiger partial charge < -0.3 is 5.32 Å². The van der Waals surface area contributed by atoms with E-state index >= 15 is 0 Å². The van der Waals surface area contributed by atoms with E-state index in [1.54, 1.807) is 4.31 Å². The van der Waals surface area contributed by atoms with Gasteiger partial charge >= 0.3 is 0 Å². The fourth-order valence-corrected chi connectivity index (χ4v) is 4.57. The third kappa shape index (κ3) is 5.31. The van der Waals surface area contributed by atoms with Crippen LogP contribution in [0.4, 0.5) is 0 Å². The molecular formula is C18H28N2O3S. The maximum Gasteiger partial charge on any atom is 0.223 e. The van der Waals surface area contributed by atoms with Gasteiger partial charge in [-0.15, -0.1) is 0 Å². The van der Waals surface area contributed by atoms with E-state index in [0.29, 0.717) is 38.9 Å². The van der Waals surface area contributed by atoms with E-state index in [0.717, 1.165) is 12.0 Å². The van der Waals surface area contributed by atoms with Crippen LogP contribution in [0.15, 0.2) is 24.3 Å². The van der Waals surface area contributed by atoms with Gasteiger partial charge in [-0.05, 0) is 31.7 Å². The van der Waals surface area contributed by atoms with Gasteiger partial charge in [0.2, 0.25) is 15.9 Å². The molecule has 1 aliphatic rings. The number of amides is 1. The van der Waals surface area contributed by atoms with Crippen molar-refractivity contribution in [3.63, 3.8) is 0 Å². The fourth-order valence-electron chi connectivity index (χ4n) is 2.89. The first kappa shape index (κ1) is 18.9. The highest BCUT2D eigenvalue weighted by atomic mass is 32.2. The third-order valence-corrected chi connectivity index (χ3v) is 6.52. The van der Waals surface area contributed by atoms with E-state index in [2.05, 4.69) is 5.32 Å². The number of carbonyl (C=O) groups excluding carboxylic acids is 1. The van der Waals surface area contributed by atoms with Crippen molar-refractivity contribution in [2.75, 3.05) is 18.8 Å². The zero-order valence-electron chi connectivity index (χ0n) is 14.6. The first-order valence-electron chi connectivity index (χ1n) is 8.73. The molecule has 1 aliphatic heterocycles. The number of sulfonamides is 1. The summed E-state index contributed by atoms with van der Waals surface area (Å²) in [5.41, 5.74) is 2.27. The van der Waals surface area contributed by atoms with Gasteiger partial charge in [0.25, 0.3) is 0 Å². The van der Waals surface area contributed by atoms with Crippen molar-refractivity contribution in [3.05, 3.63) is 35.4 Å². The number of nitrogens with zero attached hydrogens (tertiary/aromatic N) is 1. The molecule has 0 saturated carbocycles. The Bertz CT molecular complexity index is 633. The van der Waals surface area contributed by atoms with Crippen molar-refractivity contribution >= 4 is 15.9 Å². The number of hydrogen-bond acceptors (Lipinski definition) is 3. The van der Waals surface area contributed by atoms with Crippen LogP contribution in [-0.2, 0) is 21.4 Å². The topological polar surface area (TPSA) is 66.5 Å². The van der Waals surface area contributed by atoms with E-state index < -0.39 is 10.0 Å². The Morgan fingerprint density at radius 1 is 1.21 bits per heavy atom. The third-order valence-electron chi connectivity index (χ3n) is 4.56. The largest absolute Gasteiger partial charge is 0.352 e. The van der Waals surface area contributed by atoms with Gasteiger partial charge in [0.05, 0.1) is 5.75 Å². The van der Waals surface area contributed by atoms with Crippen molar-refractivity contribution in [1.82, 2.24) is 9.62 Å². The summed E-state index contributed by atoms with van der Waals surface area (Å²) in [7, 11) is -3.15. The molecule has 0 bridgehead atoms. The molecule has 6 heteroatoms. The second-order valence-electron chi connectivity index (χ2n) is 6.55. The Hall–Kier alpha value is -1.40. The highest BCUT2D eigenvalue weighted by Crippen LogP contribution is 2.20. The van der Waals surface area contributed by atoms with Crippen LogP contribution >= 0.6 is 0 Å². The van der Waals surface area contributed by atoms with Gasteiger partial charge in [0, 0.05) is 25.6 Å². The van der Waals surface area contributed by atoms with E-state index in [4.69, 9.17) is 0 Å². The van der Waals surface area contributed by atoms with Crippen molar-refractivity contribution in [2.24, 2.45) is 5.92 Å². The van der Waals surface area contributed by atoms with Crippen LogP contribution in [0.25, 0.3) is 0 Å². The van der Waals surface area contributed by atoms with Crippen molar-refractivity contribution in [2.45, 2.75) is 46.1 Å². The van der Waals surface area contributed by atoms with Crippen LogP contribution in [-0.4, -0.2) is 37.5 Å². The Kier molecular flexibility index (Phi) is 6.80. The molecule has 1 amide bonds. The Balaban J connectivity index is 1.79. The molecule has 0 radical (unpaired) electrons. The predicted octanol–water partition coefficient (Wildman–Crippen LogP) is 2.45. The lowest BCUT2D eigenvalue weighted by Gasteiger charge is -2.30. The van der Waals surface area contributed by atoms with E-state index in [1.807, 2.05) is 38.1 Å². The summed E-state index contributed by atoms with van der Waals surface area (Å²) in [6, 6.07) is 8.08. The van der Waals surface area contributed by atoms with Crippen LogP contribution in [0, 0.1) is 12.8 Å². The molecule has 0 spiro atoms. The number of unbranched alkanes of at least 4 members (excludes halogenated alkanes) is 1. The minimum atomic E-state index is -3.15. The van der Waals surface area contributed by atoms with Gasteiger partial charge in [-0.2, -0.15) is 0 Å². The molecule has 0 aliphatic carbocycles. The molecule has 0 aromatic heterocycles. The molecule has 134 valence electrons. The smallest absolute Gasteiger partial charge is 0.223 e. The Labute approximate surface area is 145 Å². The highest BCUT2D eigenvalue weighted by Gasteiger charge is 2.30. The number of aryl methyl sites for hydroxylation is 1. The van der Waals surface area contributed by atoms with Gasteiger partial charge in [0.15, 0.2) is 0 Å². The zero-order valence-corrected chi connectivity index (χ0v) is 15.4. The molecule has 1 N–H and O–H groups in total. The quantitative estimate of drug-likeness (QED) is 0.820. The maximum absolute atomic E-state index is 12.3. The van der Waals surface area contributed by atoms with Gasteiger partial charge in [-0.1, -0.05) is 43.2 Å². The lowest BCUT2D eigenvalue weighted by Crippen LogP contribution is -2.43. The summed E-state index contributed by atoms with van der Waals surface area (Å²) in [5, 5.41) is 2.97. The van der Waals surface area contributed by atoms with Crippen LogP contribution in [0.2, 0.25) is 0 Å². The zero-order chi connectivity index (χ0) is 17.6. The van der Waals surface area contributed by atoms with E-state index in [-0.39, 0.29) is 17.6 Å². The van der Waals surface area contributed by atoms with E-state index in [9.17, 15) is 13.2 Å². The second-order valence-corrected chi connectivity index (χ2v) is 8.63. The van der Waals surface area contributed by atoms with Crippen LogP contribution in [0.1, 0.15) is 43.7 Å². The summed E-state index contributed by atoms with van der Waals surface area (Å²) < 4.78 is 25.9. The average molecular weight is 353 g/mol. The molecule has 1 heterocycles. The summed E-state index contributed by atoms with van der Waals surface area (Å²) in [6.07, 6.45) is 2.77. The first-order valence-corrected chi connectivity index (χ1v) is 10.3. The number of rotatable bonds is 7. The number of piperidine rings is 1. The standard InChI is InChI=1S/C18H28N2O3S/c1-3-4-13-24(22,23)20-11-9-17(10-12-20)18(21)19-14-16-7-5-15(2)6-8-16/h5-8,17H,3-4,9-14H2,1-2H3,(H,19,21). The molecule has 24 heavy (non-hydrogen) atoms. The fraction of sp³-hybridized carbons (Fsp3) is 0.611. The van der Waals surface area contributed by atoms with E-state index in [1.165, 1.54) is 5.56 Å². The van der Waals surface area contributed by atoms with Crippen molar-refractivity contribution in [1.29, 1.82) is 0 Å². The Morgan fingerprint density at radius 3 is 2.42 bits per heavy atom. The minimum absolute atomic E-state index is 0.0289.